The normalized spacial score (nSPS) is 15.1. The van der Waals surface area contributed by atoms with E-state index in [1.165, 1.54) is 29.3 Å². The van der Waals surface area contributed by atoms with Crippen LogP contribution in [0, 0.1) is 0 Å². The average Bonchev–Trinajstić information content (AvgIpc) is 2.92. The topological polar surface area (TPSA) is 54.6 Å². The van der Waals surface area contributed by atoms with Gasteiger partial charge in [0.25, 0.3) is 0 Å². The van der Waals surface area contributed by atoms with Gasteiger partial charge in [0.1, 0.15) is 6.61 Å². The highest BCUT2D eigenvalue weighted by Crippen LogP contribution is 2.27. The van der Waals surface area contributed by atoms with Gasteiger partial charge in [-0.3, -0.25) is 4.90 Å². The fraction of sp³-hybridized carbons (Fsp3) is 0.353. The summed E-state index contributed by atoms with van der Waals surface area (Å²) in [4.78, 5) is 16.7. The Hall–Kier alpha value is -2.27. The van der Waals surface area contributed by atoms with Crippen LogP contribution in [0.25, 0.3) is 10.9 Å². The van der Waals surface area contributed by atoms with E-state index in [-0.39, 0.29) is 6.61 Å². The molecule has 5 heteroatoms. The summed E-state index contributed by atoms with van der Waals surface area (Å²) in [5, 5.41) is 1.32. The first-order valence-corrected chi connectivity index (χ1v) is 7.44. The van der Waals surface area contributed by atoms with Crippen molar-refractivity contribution in [1.82, 2.24) is 9.88 Å². The van der Waals surface area contributed by atoms with Crippen molar-refractivity contribution in [3.63, 3.8) is 0 Å². The number of benzene rings is 1. The van der Waals surface area contributed by atoms with E-state index in [4.69, 9.17) is 4.74 Å². The van der Waals surface area contributed by atoms with E-state index in [0.717, 1.165) is 26.1 Å². The van der Waals surface area contributed by atoms with Crippen molar-refractivity contribution < 1.29 is 14.3 Å². The Bertz CT molecular complexity index is 690. The summed E-state index contributed by atoms with van der Waals surface area (Å²) in [6, 6.07) is 8.45. The van der Waals surface area contributed by atoms with Gasteiger partial charge in [0.2, 0.25) is 0 Å². The zero-order valence-electron chi connectivity index (χ0n) is 12.7. The molecule has 0 fully saturated rings. The predicted octanol–water partition coefficient (Wildman–Crippen LogP) is 2.87. The molecule has 1 aromatic carbocycles. The van der Waals surface area contributed by atoms with Crippen molar-refractivity contribution in [1.29, 1.82) is 0 Å². The van der Waals surface area contributed by atoms with Crippen LogP contribution in [0.3, 0.4) is 0 Å². The maximum absolute atomic E-state index is 10.8. The molecular weight excluding hydrogens is 280 g/mol. The molecule has 3 rings (SSSR count). The second-order valence-electron chi connectivity index (χ2n) is 5.35. The largest absolute Gasteiger partial charge is 0.508 e. The highest BCUT2D eigenvalue weighted by molar-refractivity contribution is 5.84. The van der Waals surface area contributed by atoms with E-state index >= 15 is 0 Å². The molecule has 0 saturated carbocycles. The minimum Gasteiger partial charge on any atom is -0.438 e. The Morgan fingerprint density at radius 2 is 2.23 bits per heavy atom. The first-order chi connectivity index (χ1) is 10.8. The van der Waals surface area contributed by atoms with Crippen molar-refractivity contribution in [2.24, 2.45) is 0 Å². The molecule has 0 unspecified atom stereocenters. The third-order valence-electron chi connectivity index (χ3n) is 3.96. The van der Waals surface area contributed by atoms with Crippen molar-refractivity contribution >= 4 is 17.1 Å². The van der Waals surface area contributed by atoms with Gasteiger partial charge in [-0.15, -0.1) is 0 Å². The second kappa shape index (κ2) is 6.66. The summed E-state index contributed by atoms with van der Waals surface area (Å²) in [7, 11) is 1.30. The summed E-state index contributed by atoms with van der Waals surface area (Å²) >= 11 is 0. The fourth-order valence-electron chi connectivity index (χ4n) is 2.84. The number of nitrogens with one attached hydrogen (secondary N) is 1. The number of fused-ring (bicyclic) bond motifs is 3. The van der Waals surface area contributed by atoms with Crippen molar-refractivity contribution in [3.8, 4) is 0 Å². The van der Waals surface area contributed by atoms with E-state index in [1.54, 1.807) is 0 Å². The molecule has 2 heterocycles. The number of nitrogens with zero attached hydrogens (tertiary/aromatic N) is 1. The van der Waals surface area contributed by atoms with Crippen LogP contribution in [0.15, 0.2) is 36.4 Å². The van der Waals surface area contributed by atoms with Gasteiger partial charge in [-0.25, -0.2) is 4.79 Å². The molecule has 1 aromatic heterocycles. The molecule has 0 radical (unpaired) electrons. The summed E-state index contributed by atoms with van der Waals surface area (Å²) in [6.45, 7) is 3.08. The second-order valence-corrected chi connectivity index (χ2v) is 5.35. The van der Waals surface area contributed by atoms with E-state index in [9.17, 15) is 4.79 Å². The van der Waals surface area contributed by atoms with Gasteiger partial charge in [-0.2, -0.15) is 0 Å². The molecule has 5 nitrogen and oxygen atoms in total. The molecule has 0 bridgehead atoms. The highest BCUT2D eigenvalue weighted by atomic mass is 16.7. The Balaban J connectivity index is 1.58. The Morgan fingerprint density at radius 1 is 1.36 bits per heavy atom. The molecular formula is C17H20N2O3. The quantitative estimate of drug-likeness (QED) is 0.697. The molecule has 0 amide bonds. The number of aromatic amines is 1. The Kier molecular flexibility index (Phi) is 4.44. The molecule has 22 heavy (non-hydrogen) atoms. The number of H-pyrrole nitrogens is 1. The minimum absolute atomic E-state index is 0.249. The number of carbonyl (C=O) groups excluding carboxylic acids is 1. The van der Waals surface area contributed by atoms with Crippen LogP contribution < -0.4 is 0 Å². The molecule has 1 aliphatic heterocycles. The first-order valence-electron chi connectivity index (χ1n) is 7.44. The van der Waals surface area contributed by atoms with Gasteiger partial charge in [0.05, 0.1) is 7.11 Å². The first kappa shape index (κ1) is 14.7. The zero-order valence-corrected chi connectivity index (χ0v) is 12.7. The average molecular weight is 300 g/mol. The van der Waals surface area contributed by atoms with Crippen molar-refractivity contribution in [2.75, 3.05) is 26.8 Å². The molecule has 116 valence electrons. The van der Waals surface area contributed by atoms with Gasteiger partial charge in [0.15, 0.2) is 0 Å². The van der Waals surface area contributed by atoms with Crippen LogP contribution in [-0.2, 0) is 22.4 Å². The number of rotatable bonds is 4. The van der Waals surface area contributed by atoms with Crippen molar-refractivity contribution in [3.05, 3.63) is 47.7 Å². The maximum atomic E-state index is 10.8. The smallest absolute Gasteiger partial charge is 0.438 e. The molecule has 0 saturated heterocycles. The zero-order chi connectivity index (χ0) is 15.4. The maximum Gasteiger partial charge on any atom is 0.508 e. The van der Waals surface area contributed by atoms with Gasteiger partial charge in [-0.05, 0) is 17.7 Å². The predicted molar refractivity (Wildman–Crippen MR) is 84.8 cm³/mol. The summed E-state index contributed by atoms with van der Waals surface area (Å²) in [5.41, 5.74) is 3.98. The minimum atomic E-state index is -0.647. The lowest BCUT2D eigenvalue weighted by atomic mass is 10.0. The number of hydrogen-bond acceptors (Lipinski definition) is 4. The number of para-hydroxylation sites is 1. The van der Waals surface area contributed by atoms with E-state index < -0.39 is 6.16 Å². The third kappa shape index (κ3) is 3.14. The summed E-state index contributed by atoms with van der Waals surface area (Å²) in [5.74, 6) is 0. The van der Waals surface area contributed by atoms with Crippen LogP contribution >= 0.6 is 0 Å². The molecule has 0 aliphatic carbocycles. The van der Waals surface area contributed by atoms with E-state index in [2.05, 4.69) is 38.9 Å². The standard InChI is InChI=1S/C17H20N2O3/c1-21-17(20)22-11-5-4-9-19-10-8-16-14(12-19)13-6-2-3-7-15(13)18-16/h2-7,18H,8-12H2,1H3/b5-4+. The van der Waals surface area contributed by atoms with E-state index in [0.29, 0.717) is 0 Å². The molecule has 1 N–H and O–H groups in total. The van der Waals surface area contributed by atoms with Crippen LogP contribution in [0.2, 0.25) is 0 Å². The van der Waals surface area contributed by atoms with Gasteiger partial charge >= 0.3 is 6.16 Å². The number of hydrogen-bond donors (Lipinski definition) is 1. The molecule has 2 aromatic rings. The number of methoxy groups -OCH3 is 1. The molecule has 0 atom stereocenters. The van der Waals surface area contributed by atoms with E-state index in [1.807, 2.05) is 12.2 Å². The molecule has 1 aliphatic rings. The van der Waals surface area contributed by atoms with Crippen LogP contribution in [-0.4, -0.2) is 42.8 Å². The lowest BCUT2D eigenvalue weighted by Crippen LogP contribution is -2.30. The SMILES string of the molecule is COC(=O)OC/C=C/CN1CCc2[nH]c3ccccc3c2C1. The van der Waals surface area contributed by atoms with Gasteiger partial charge in [-0.1, -0.05) is 24.3 Å². The van der Waals surface area contributed by atoms with Crippen LogP contribution in [0.4, 0.5) is 4.79 Å². The van der Waals surface area contributed by atoms with Crippen molar-refractivity contribution in [2.45, 2.75) is 13.0 Å². The number of ether oxygens (including phenoxy) is 2. The van der Waals surface area contributed by atoms with Crippen LogP contribution in [0.5, 0.6) is 0 Å². The monoisotopic (exact) mass is 300 g/mol. The Morgan fingerprint density at radius 3 is 3.09 bits per heavy atom. The Labute approximate surface area is 129 Å². The number of carbonyl (C=O) groups is 1. The van der Waals surface area contributed by atoms with Gasteiger partial charge < -0.3 is 14.5 Å². The van der Waals surface area contributed by atoms with Crippen LogP contribution in [0.1, 0.15) is 11.3 Å². The number of aromatic nitrogens is 1. The molecule has 0 spiro atoms. The lowest BCUT2D eigenvalue weighted by Gasteiger charge is -2.25. The fourth-order valence-corrected chi connectivity index (χ4v) is 2.84. The summed E-state index contributed by atoms with van der Waals surface area (Å²) in [6.07, 6.45) is 4.27. The lowest BCUT2D eigenvalue weighted by molar-refractivity contribution is 0.0817. The van der Waals surface area contributed by atoms with Gasteiger partial charge in [0, 0.05) is 42.7 Å². The summed E-state index contributed by atoms with van der Waals surface area (Å²) < 4.78 is 9.22. The highest BCUT2D eigenvalue weighted by Gasteiger charge is 2.19. The third-order valence-corrected chi connectivity index (χ3v) is 3.96.